The summed E-state index contributed by atoms with van der Waals surface area (Å²) in [6.07, 6.45) is 0.116. The fourth-order valence-corrected chi connectivity index (χ4v) is 2.58. The van der Waals surface area contributed by atoms with E-state index in [2.05, 4.69) is 30.6 Å². The zero-order valence-corrected chi connectivity index (χ0v) is 15.5. The minimum Gasteiger partial charge on any atom is -0.470 e. The second kappa shape index (κ2) is 8.00. The Bertz CT molecular complexity index is 1190. The van der Waals surface area contributed by atoms with E-state index in [4.69, 9.17) is 10.00 Å². The SMILES string of the molecule is Cn1nnc(-c2ccc(C(F)F)cn2)c1COc1ccc(-n2ccc(C#N)n2)nn1. The first kappa shape index (κ1) is 19.1. The number of ether oxygens (including phenoxy) is 1. The number of hydrogen-bond acceptors (Lipinski definition) is 8. The minimum absolute atomic E-state index is 0.0610. The number of alkyl halides is 2. The zero-order chi connectivity index (χ0) is 21.1. The van der Waals surface area contributed by atoms with Crippen LogP contribution in [0.15, 0.2) is 42.7 Å². The van der Waals surface area contributed by atoms with E-state index in [1.54, 1.807) is 31.4 Å². The van der Waals surface area contributed by atoms with Gasteiger partial charge in [-0.3, -0.25) is 4.98 Å². The van der Waals surface area contributed by atoms with E-state index in [0.29, 0.717) is 22.9 Å². The van der Waals surface area contributed by atoms with Crippen molar-refractivity contribution in [1.29, 1.82) is 5.26 Å². The van der Waals surface area contributed by atoms with Gasteiger partial charge in [-0.05, 0) is 24.3 Å². The monoisotopic (exact) mass is 409 g/mol. The van der Waals surface area contributed by atoms with E-state index < -0.39 is 6.43 Å². The number of halogens is 2. The molecule has 0 amide bonds. The van der Waals surface area contributed by atoms with Crippen LogP contribution >= 0.6 is 0 Å². The number of hydrogen-bond donors (Lipinski definition) is 0. The Morgan fingerprint density at radius 2 is 2.00 bits per heavy atom. The number of pyridine rings is 1. The molecular weight excluding hydrogens is 396 g/mol. The van der Waals surface area contributed by atoms with Crippen molar-refractivity contribution < 1.29 is 13.5 Å². The van der Waals surface area contributed by atoms with Gasteiger partial charge < -0.3 is 4.74 Å². The molecule has 4 aromatic rings. The topological polar surface area (TPSA) is 120 Å². The van der Waals surface area contributed by atoms with Crippen molar-refractivity contribution in [2.24, 2.45) is 7.05 Å². The smallest absolute Gasteiger partial charge is 0.265 e. The molecule has 10 nitrogen and oxygen atoms in total. The van der Waals surface area contributed by atoms with E-state index in [1.807, 2.05) is 6.07 Å². The molecule has 0 radical (unpaired) electrons. The van der Waals surface area contributed by atoms with Crippen LogP contribution in [0.5, 0.6) is 5.88 Å². The van der Waals surface area contributed by atoms with E-state index >= 15 is 0 Å². The Morgan fingerprint density at radius 3 is 2.63 bits per heavy atom. The highest BCUT2D eigenvalue weighted by Gasteiger charge is 2.16. The van der Waals surface area contributed by atoms with Crippen molar-refractivity contribution >= 4 is 0 Å². The van der Waals surface area contributed by atoms with Crippen LogP contribution in [0.2, 0.25) is 0 Å². The second-order valence-corrected chi connectivity index (χ2v) is 6.06. The third-order valence-electron chi connectivity index (χ3n) is 4.14. The summed E-state index contributed by atoms with van der Waals surface area (Å²) in [5, 5.41) is 28.9. The van der Waals surface area contributed by atoms with E-state index in [1.165, 1.54) is 21.5 Å². The lowest BCUT2D eigenvalue weighted by atomic mass is 10.2. The molecule has 0 N–H and O–H groups in total. The van der Waals surface area contributed by atoms with Gasteiger partial charge in [-0.25, -0.2) is 18.1 Å². The molecule has 4 rings (SSSR count). The zero-order valence-electron chi connectivity index (χ0n) is 15.5. The van der Waals surface area contributed by atoms with Crippen molar-refractivity contribution in [3.8, 4) is 29.2 Å². The lowest BCUT2D eigenvalue weighted by Crippen LogP contribution is -2.07. The molecule has 0 fully saturated rings. The van der Waals surface area contributed by atoms with Gasteiger partial charge in [0, 0.05) is 31.1 Å². The van der Waals surface area contributed by atoms with Crippen molar-refractivity contribution in [3.63, 3.8) is 0 Å². The fourth-order valence-electron chi connectivity index (χ4n) is 2.58. The Morgan fingerprint density at radius 1 is 1.13 bits per heavy atom. The molecule has 0 bridgehead atoms. The molecule has 0 saturated carbocycles. The molecule has 0 spiro atoms. The van der Waals surface area contributed by atoms with Crippen molar-refractivity contribution in [3.05, 3.63) is 59.7 Å². The van der Waals surface area contributed by atoms with E-state index in [-0.39, 0.29) is 23.7 Å². The molecule has 0 aliphatic heterocycles. The number of aromatic nitrogens is 8. The van der Waals surface area contributed by atoms with Crippen LogP contribution in [0, 0.1) is 11.3 Å². The first-order chi connectivity index (χ1) is 14.5. The fraction of sp³-hybridized carbons (Fsp3) is 0.167. The maximum Gasteiger partial charge on any atom is 0.265 e. The Labute approximate surface area is 168 Å². The van der Waals surface area contributed by atoms with Gasteiger partial charge in [-0.2, -0.15) is 10.4 Å². The highest BCUT2D eigenvalue weighted by molar-refractivity contribution is 5.56. The van der Waals surface area contributed by atoms with Gasteiger partial charge in [0.15, 0.2) is 11.5 Å². The average Bonchev–Trinajstić information content (AvgIpc) is 3.39. The summed E-state index contributed by atoms with van der Waals surface area (Å²) in [6.45, 7) is 0.0610. The van der Waals surface area contributed by atoms with Gasteiger partial charge in [0.25, 0.3) is 6.43 Å². The first-order valence-corrected chi connectivity index (χ1v) is 8.61. The van der Waals surface area contributed by atoms with Gasteiger partial charge in [0.2, 0.25) is 5.88 Å². The molecule has 30 heavy (non-hydrogen) atoms. The first-order valence-electron chi connectivity index (χ1n) is 8.61. The largest absolute Gasteiger partial charge is 0.470 e. The summed E-state index contributed by atoms with van der Waals surface area (Å²) in [6, 6.07) is 9.50. The van der Waals surface area contributed by atoms with Crippen LogP contribution in [0.25, 0.3) is 17.2 Å². The predicted octanol–water partition coefficient (Wildman–Crippen LogP) is 2.24. The number of aryl methyl sites for hydroxylation is 1. The summed E-state index contributed by atoms with van der Waals surface area (Å²) in [5.41, 5.74) is 1.50. The average molecular weight is 409 g/mol. The summed E-state index contributed by atoms with van der Waals surface area (Å²) >= 11 is 0. The lowest BCUT2D eigenvalue weighted by molar-refractivity contribution is 0.151. The summed E-state index contributed by atoms with van der Waals surface area (Å²) in [4.78, 5) is 4.04. The second-order valence-electron chi connectivity index (χ2n) is 6.06. The molecule has 12 heteroatoms. The molecule has 0 atom stereocenters. The maximum absolute atomic E-state index is 12.7. The van der Waals surface area contributed by atoms with E-state index in [9.17, 15) is 8.78 Å². The summed E-state index contributed by atoms with van der Waals surface area (Å²) in [5.74, 6) is 0.676. The molecule has 0 unspecified atom stereocenters. The van der Waals surface area contributed by atoms with Crippen LogP contribution < -0.4 is 4.74 Å². The van der Waals surface area contributed by atoms with Gasteiger partial charge in [-0.1, -0.05) is 5.21 Å². The standard InChI is InChI=1S/C18H13F2N9O/c1-28-14(17(25-27-28)13-3-2-11(9-22-13)18(19)20)10-30-16-5-4-15(23-24-16)29-7-6-12(8-21)26-29/h2-7,9,18H,10H2,1H3. The third kappa shape index (κ3) is 3.81. The maximum atomic E-state index is 12.7. The van der Waals surface area contributed by atoms with Gasteiger partial charge in [-0.15, -0.1) is 15.3 Å². The Balaban J connectivity index is 1.49. The molecule has 150 valence electrons. The van der Waals surface area contributed by atoms with Gasteiger partial charge in [0.05, 0.1) is 5.69 Å². The van der Waals surface area contributed by atoms with E-state index in [0.717, 1.165) is 6.20 Å². The molecule has 0 aliphatic carbocycles. The molecule has 4 aromatic heterocycles. The molecule has 4 heterocycles. The molecule has 0 saturated heterocycles. The molecule has 0 aliphatic rings. The molecule has 0 aromatic carbocycles. The van der Waals surface area contributed by atoms with Crippen LogP contribution in [0.3, 0.4) is 0 Å². The Hall–Kier alpha value is -4.27. The third-order valence-corrected chi connectivity index (χ3v) is 4.14. The molecular formula is C18H13F2N9O. The van der Waals surface area contributed by atoms with Crippen LogP contribution in [-0.2, 0) is 13.7 Å². The van der Waals surface area contributed by atoms with Gasteiger partial charge in [0.1, 0.15) is 24.1 Å². The highest BCUT2D eigenvalue weighted by atomic mass is 19.3. The normalized spacial score (nSPS) is 10.9. The number of rotatable bonds is 6. The Kier molecular flexibility index (Phi) is 5.08. The predicted molar refractivity (Wildman–Crippen MR) is 97.4 cm³/mol. The van der Waals surface area contributed by atoms with Crippen LogP contribution in [0.1, 0.15) is 23.4 Å². The van der Waals surface area contributed by atoms with Crippen molar-refractivity contribution in [1.82, 2.24) is 40.0 Å². The number of nitriles is 1. The summed E-state index contributed by atoms with van der Waals surface area (Å²) < 4.78 is 34.0. The van der Waals surface area contributed by atoms with Crippen LogP contribution in [0.4, 0.5) is 8.78 Å². The van der Waals surface area contributed by atoms with Crippen LogP contribution in [-0.4, -0.2) is 40.0 Å². The lowest BCUT2D eigenvalue weighted by Gasteiger charge is -2.07. The van der Waals surface area contributed by atoms with Gasteiger partial charge >= 0.3 is 0 Å². The summed E-state index contributed by atoms with van der Waals surface area (Å²) in [7, 11) is 1.68. The number of nitrogens with zero attached hydrogens (tertiary/aromatic N) is 9. The quantitative estimate of drug-likeness (QED) is 0.475. The highest BCUT2D eigenvalue weighted by Crippen LogP contribution is 2.23. The van der Waals surface area contributed by atoms with Crippen molar-refractivity contribution in [2.75, 3.05) is 0 Å². The minimum atomic E-state index is -2.59. The van der Waals surface area contributed by atoms with Crippen molar-refractivity contribution in [2.45, 2.75) is 13.0 Å².